The number of guanidine groups is 1. The normalized spacial score (nSPS) is 11.0. The van der Waals surface area contributed by atoms with Crippen molar-refractivity contribution in [1.29, 1.82) is 0 Å². The summed E-state index contributed by atoms with van der Waals surface area (Å²) in [6, 6.07) is 2.12. The molecule has 0 aliphatic heterocycles. The van der Waals surface area contributed by atoms with Crippen LogP contribution >= 0.6 is 35.3 Å². The summed E-state index contributed by atoms with van der Waals surface area (Å²) in [4.78, 5) is 5.87. The minimum Gasteiger partial charge on any atom is -0.353 e. The summed E-state index contributed by atoms with van der Waals surface area (Å²) in [6.45, 7) is 9.66. The molecular weight excluding hydrogens is 423 g/mol. The van der Waals surface area contributed by atoms with E-state index in [4.69, 9.17) is 0 Å². The van der Waals surface area contributed by atoms with Crippen LogP contribution in [0.15, 0.2) is 29.1 Å². The number of thiophene rings is 1. The van der Waals surface area contributed by atoms with Gasteiger partial charge in [-0.05, 0) is 30.9 Å². The zero-order valence-corrected chi connectivity index (χ0v) is 16.8. The molecule has 2 N–H and O–H groups in total. The summed E-state index contributed by atoms with van der Waals surface area (Å²) in [5.74, 6) is 2.46. The summed E-state index contributed by atoms with van der Waals surface area (Å²) in [6.07, 6.45) is 1.81. The van der Waals surface area contributed by atoms with E-state index in [1.807, 2.05) is 18.5 Å². The number of aryl methyl sites for hydroxylation is 2. The van der Waals surface area contributed by atoms with Crippen LogP contribution in [0, 0.1) is 13.8 Å². The van der Waals surface area contributed by atoms with Gasteiger partial charge in [0.05, 0.1) is 6.54 Å². The monoisotopic (exact) mass is 446 g/mol. The molecule has 126 valence electrons. The lowest BCUT2D eigenvalue weighted by atomic mass is 10.3. The van der Waals surface area contributed by atoms with E-state index in [9.17, 15) is 0 Å². The molecule has 0 unspecified atom stereocenters. The number of nitrogens with one attached hydrogen (secondary N) is 2. The van der Waals surface area contributed by atoms with Crippen LogP contribution in [0.5, 0.6) is 0 Å². The van der Waals surface area contributed by atoms with Gasteiger partial charge in [0.25, 0.3) is 0 Å². The molecule has 0 spiro atoms. The Morgan fingerprint density at radius 2 is 2.17 bits per heavy atom. The van der Waals surface area contributed by atoms with Crippen molar-refractivity contribution in [2.45, 2.75) is 26.9 Å². The standard InChI is InChI=1S/C15H22N6S.HI/c1-5-7-16-15(17-9-13-11(2)6-8-22-13)18-10-14-20-19-12(3)21(14)4;/h5-6,8H,1,7,9-10H2,2-4H3,(H2,16,17,18);1H. The topological polar surface area (TPSA) is 67.1 Å². The van der Waals surface area contributed by atoms with Crippen LogP contribution in [0.25, 0.3) is 0 Å². The van der Waals surface area contributed by atoms with Crippen molar-refractivity contribution in [3.05, 3.63) is 46.2 Å². The number of hydrogen-bond acceptors (Lipinski definition) is 4. The van der Waals surface area contributed by atoms with Crippen LogP contribution in [0.2, 0.25) is 0 Å². The summed E-state index contributed by atoms with van der Waals surface area (Å²) in [5.41, 5.74) is 1.30. The molecule has 0 aliphatic rings. The molecule has 0 aliphatic carbocycles. The molecule has 2 aromatic heterocycles. The molecule has 2 rings (SSSR count). The van der Waals surface area contributed by atoms with Gasteiger partial charge in [-0.3, -0.25) is 0 Å². The third-order valence-corrected chi connectivity index (χ3v) is 4.38. The first-order valence-corrected chi connectivity index (χ1v) is 8.00. The van der Waals surface area contributed by atoms with E-state index in [0.29, 0.717) is 13.1 Å². The highest BCUT2D eigenvalue weighted by molar-refractivity contribution is 14.0. The molecule has 2 aromatic rings. The minimum absolute atomic E-state index is 0. The third-order valence-electron chi connectivity index (χ3n) is 3.36. The molecule has 8 heteroatoms. The predicted octanol–water partition coefficient (Wildman–Crippen LogP) is 2.53. The lowest BCUT2D eigenvalue weighted by Crippen LogP contribution is -2.37. The number of rotatable bonds is 6. The molecule has 0 bridgehead atoms. The summed E-state index contributed by atoms with van der Waals surface area (Å²) in [5, 5.41) is 16.8. The highest BCUT2D eigenvalue weighted by Crippen LogP contribution is 2.14. The van der Waals surface area contributed by atoms with Gasteiger partial charge in [0.2, 0.25) is 0 Å². The maximum absolute atomic E-state index is 4.56. The molecule has 23 heavy (non-hydrogen) atoms. The van der Waals surface area contributed by atoms with E-state index in [1.165, 1.54) is 10.4 Å². The second-order valence-corrected chi connectivity index (χ2v) is 5.94. The second-order valence-electron chi connectivity index (χ2n) is 4.94. The second kappa shape index (κ2) is 9.66. The molecule has 0 saturated heterocycles. The molecule has 0 aromatic carbocycles. The van der Waals surface area contributed by atoms with Crippen LogP contribution in [-0.2, 0) is 20.1 Å². The Labute approximate surface area is 158 Å². The van der Waals surface area contributed by atoms with Gasteiger partial charge < -0.3 is 15.2 Å². The van der Waals surface area contributed by atoms with Crippen LogP contribution in [0.3, 0.4) is 0 Å². The molecular formula is C15H23IN6S. The van der Waals surface area contributed by atoms with Gasteiger partial charge >= 0.3 is 0 Å². The largest absolute Gasteiger partial charge is 0.353 e. The van der Waals surface area contributed by atoms with Crippen molar-refractivity contribution in [2.24, 2.45) is 12.0 Å². The molecule has 6 nitrogen and oxygen atoms in total. The highest BCUT2D eigenvalue weighted by atomic mass is 127. The first-order chi connectivity index (χ1) is 10.6. The molecule has 0 fully saturated rings. The maximum atomic E-state index is 4.56. The summed E-state index contributed by atoms with van der Waals surface area (Å²) >= 11 is 1.74. The van der Waals surface area contributed by atoms with Crippen molar-refractivity contribution in [2.75, 3.05) is 6.54 Å². The van der Waals surface area contributed by atoms with Gasteiger partial charge in [-0.1, -0.05) is 6.08 Å². The maximum Gasteiger partial charge on any atom is 0.192 e. The number of halogens is 1. The van der Waals surface area contributed by atoms with Crippen LogP contribution < -0.4 is 10.6 Å². The van der Waals surface area contributed by atoms with Crippen LogP contribution in [-0.4, -0.2) is 27.3 Å². The Balaban J connectivity index is 0.00000264. The van der Waals surface area contributed by atoms with E-state index < -0.39 is 0 Å². The number of nitrogens with zero attached hydrogens (tertiary/aromatic N) is 4. The highest BCUT2D eigenvalue weighted by Gasteiger charge is 2.06. The van der Waals surface area contributed by atoms with Crippen molar-refractivity contribution in [3.8, 4) is 0 Å². The fraction of sp³-hybridized carbons (Fsp3) is 0.400. The zero-order chi connectivity index (χ0) is 15.9. The van der Waals surface area contributed by atoms with E-state index in [1.54, 1.807) is 17.4 Å². The Kier molecular flexibility index (Phi) is 8.24. The zero-order valence-electron chi connectivity index (χ0n) is 13.7. The predicted molar refractivity (Wildman–Crippen MR) is 106 cm³/mol. The first kappa shape index (κ1) is 19.6. The first-order valence-electron chi connectivity index (χ1n) is 7.12. The summed E-state index contributed by atoms with van der Waals surface area (Å²) < 4.78 is 1.94. The Morgan fingerprint density at radius 3 is 2.74 bits per heavy atom. The van der Waals surface area contributed by atoms with Crippen LogP contribution in [0.4, 0.5) is 0 Å². The van der Waals surface area contributed by atoms with Gasteiger partial charge in [-0.25, -0.2) is 4.99 Å². The van der Waals surface area contributed by atoms with E-state index in [0.717, 1.165) is 24.2 Å². The van der Waals surface area contributed by atoms with Gasteiger partial charge in [0, 0.05) is 18.5 Å². The van der Waals surface area contributed by atoms with Crippen molar-refractivity contribution >= 4 is 41.3 Å². The van der Waals surface area contributed by atoms with Gasteiger partial charge in [-0.15, -0.1) is 52.1 Å². The quantitative estimate of drug-likeness (QED) is 0.310. The Bertz CT molecular complexity index is 661. The number of aromatic nitrogens is 3. The summed E-state index contributed by atoms with van der Waals surface area (Å²) in [7, 11) is 1.94. The Hall–Kier alpha value is -1.42. The molecule has 2 heterocycles. The fourth-order valence-electron chi connectivity index (χ4n) is 1.83. The van der Waals surface area contributed by atoms with Gasteiger partial charge in [0.15, 0.2) is 11.8 Å². The van der Waals surface area contributed by atoms with E-state index in [-0.39, 0.29) is 24.0 Å². The Morgan fingerprint density at radius 1 is 1.39 bits per heavy atom. The SMILES string of the molecule is C=CCNC(=NCc1nnc(C)n1C)NCc1sccc1C.I. The molecule has 0 radical (unpaired) electrons. The molecule has 0 amide bonds. The lowest BCUT2D eigenvalue weighted by Gasteiger charge is -2.11. The van der Waals surface area contributed by atoms with Gasteiger partial charge in [-0.2, -0.15) is 0 Å². The average molecular weight is 446 g/mol. The van der Waals surface area contributed by atoms with Crippen molar-refractivity contribution < 1.29 is 0 Å². The van der Waals surface area contributed by atoms with Gasteiger partial charge in [0.1, 0.15) is 12.4 Å². The minimum atomic E-state index is 0. The van der Waals surface area contributed by atoms with E-state index >= 15 is 0 Å². The van der Waals surface area contributed by atoms with Crippen molar-refractivity contribution in [1.82, 2.24) is 25.4 Å². The smallest absolute Gasteiger partial charge is 0.192 e. The fourth-order valence-corrected chi connectivity index (χ4v) is 2.68. The number of hydrogen-bond donors (Lipinski definition) is 2. The average Bonchev–Trinajstić information content (AvgIpc) is 3.06. The van der Waals surface area contributed by atoms with E-state index in [2.05, 4.69) is 50.8 Å². The third kappa shape index (κ3) is 5.61. The lowest BCUT2D eigenvalue weighted by molar-refractivity contribution is 0.760. The number of aliphatic imine (C=N–C) groups is 1. The molecule has 0 saturated carbocycles. The van der Waals surface area contributed by atoms with Crippen LogP contribution in [0.1, 0.15) is 22.1 Å². The molecule has 0 atom stereocenters. The van der Waals surface area contributed by atoms with Crippen molar-refractivity contribution in [3.63, 3.8) is 0 Å².